The minimum Gasteiger partial charge on any atom is -0.472 e. The molecular weight excluding hydrogens is 226 g/mol. The molecule has 1 N–H and O–H groups in total. The van der Waals surface area contributed by atoms with Crippen LogP contribution in [-0.4, -0.2) is 12.5 Å². The van der Waals surface area contributed by atoms with E-state index in [1.54, 1.807) is 6.07 Å². The molecular formula is C15H15NO2. The maximum atomic E-state index is 11.8. The highest BCUT2D eigenvalue weighted by atomic mass is 16.3. The van der Waals surface area contributed by atoms with E-state index in [-0.39, 0.29) is 11.3 Å². The third-order valence-corrected chi connectivity index (χ3v) is 3.61. The summed E-state index contributed by atoms with van der Waals surface area (Å²) in [5, 5.41) is 2.99. The molecule has 0 bridgehead atoms. The Labute approximate surface area is 106 Å². The number of carbonyl (C=O) groups is 1. The second-order valence-electron chi connectivity index (χ2n) is 4.84. The monoisotopic (exact) mass is 241 g/mol. The van der Waals surface area contributed by atoms with Gasteiger partial charge in [-0.3, -0.25) is 4.79 Å². The molecule has 0 aliphatic heterocycles. The van der Waals surface area contributed by atoms with E-state index in [2.05, 4.69) is 17.4 Å². The van der Waals surface area contributed by atoms with E-state index in [0.717, 1.165) is 12.8 Å². The summed E-state index contributed by atoms with van der Waals surface area (Å²) in [6, 6.07) is 12.1. The van der Waals surface area contributed by atoms with Gasteiger partial charge in [0.1, 0.15) is 6.26 Å². The first-order valence-electron chi connectivity index (χ1n) is 6.16. The fourth-order valence-corrected chi connectivity index (χ4v) is 2.26. The van der Waals surface area contributed by atoms with Crippen LogP contribution in [0.25, 0.3) is 0 Å². The minimum atomic E-state index is -0.0639. The van der Waals surface area contributed by atoms with Gasteiger partial charge in [-0.2, -0.15) is 0 Å². The lowest BCUT2D eigenvalue weighted by Gasteiger charge is -2.16. The lowest BCUT2D eigenvalue weighted by molar-refractivity contribution is 0.0949. The molecule has 1 aromatic carbocycles. The lowest BCUT2D eigenvalue weighted by Crippen LogP contribution is -2.31. The molecule has 0 atom stereocenters. The number of hydrogen-bond acceptors (Lipinski definition) is 2. The molecule has 3 nitrogen and oxygen atoms in total. The van der Waals surface area contributed by atoms with E-state index in [1.165, 1.54) is 18.1 Å². The Balaban J connectivity index is 1.66. The summed E-state index contributed by atoms with van der Waals surface area (Å²) in [5.41, 5.74) is 2.05. The first kappa shape index (κ1) is 11.1. The average molecular weight is 241 g/mol. The van der Waals surface area contributed by atoms with Crippen LogP contribution in [0.2, 0.25) is 0 Å². The van der Waals surface area contributed by atoms with Gasteiger partial charge in [-0.05, 0) is 24.5 Å². The van der Waals surface area contributed by atoms with Gasteiger partial charge in [0.2, 0.25) is 0 Å². The van der Waals surface area contributed by atoms with Crippen molar-refractivity contribution >= 4 is 5.91 Å². The molecule has 0 spiro atoms. The maximum absolute atomic E-state index is 11.8. The predicted octanol–water partition coefficient (Wildman–Crippen LogP) is 2.74. The van der Waals surface area contributed by atoms with E-state index in [9.17, 15) is 4.79 Å². The Kier molecular flexibility index (Phi) is 2.67. The van der Waals surface area contributed by atoms with Gasteiger partial charge in [0.15, 0.2) is 0 Å². The molecule has 1 aliphatic carbocycles. The van der Waals surface area contributed by atoms with E-state index in [1.807, 2.05) is 18.2 Å². The van der Waals surface area contributed by atoms with Crippen LogP contribution < -0.4 is 5.32 Å². The van der Waals surface area contributed by atoms with Crippen molar-refractivity contribution in [3.8, 4) is 0 Å². The van der Waals surface area contributed by atoms with Gasteiger partial charge in [0.25, 0.3) is 5.91 Å². The summed E-state index contributed by atoms with van der Waals surface area (Å²) < 4.78 is 4.91. The van der Waals surface area contributed by atoms with Crippen molar-refractivity contribution in [3.63, 3.8) is 0 Å². The lowest BCUT2D eigenvalue weighted by atomic mass is 9.96. The van der Waals surface area contributed by atoms with Gasteiger partial charge >= 0.3 is 0 Å². The van der Waals surface area contributed by atoms with E-state index in [0.29, 0.717) is 12.1 Å². The largest absolute Gasteiger partial charge is 0.472 e. The Morgan fingerprint density at radius 2 is 2.00 bits per heavy atom. The molecule has 1 aromatic heterocycles. The third-order valence-electron chi connectivity index (χ3n) is 3.61. The van der Waals surface area contributed by atoms with Crippen LogP contribution in [0, 0.1) is 0 Å². The van der Waals surface area contributed by atoms with Crippen molar-refractivity contribution in [2.24, 2.45) is 0 Å². The Hall–Kier alpha value is -2.03. The number of amides is 1. The minimum absolute atomic E-state index is 0.0639. The summed E-state index contributed by atoms with van der Waals surface area (Å²) in [6.07, 6.45) is 5.27. The zero-order valence-electron chi connectivity index (χ0n) is 10.1. The Bertz CT molecular complexity index is 527. The number of hydrogen-bond donors (Lipinski definition) is 1. The van der Waals surface area contributed by atoms with Crippen LogP contribution in [0.4, 0.5) is 0 Å². The van der Waals surface area contributed by atoms with Gasteiger partial charge in [-0.15, -0.1) is 0 Å². The molecule has 1 saturated carbocycles. The summed E-state index contributed by atoms with van der Waals surface area (Å²) in [4.78, 5) is 11.8. The van der Waals surface area contributed by atoms with Gasteiger partial charge in [0, 0.05) is 12.0 Å². The highest BCUT2D eigenvalue weighted by Gasteiger charge is 2.44. The molecule has 1 aliphatic rings. The highest BCUT2D eigenvalue weighted by molar-refractivity contribution is 5.93. The van der Waals surface area contributed by atoms with Gasteiger partial charge in [-0.1, -0.05) is 30.3 Å². The van der Waals surface area contributed by atoms with Crippen LogP contribution in [0.1, 0.15) is 28.8 Å². The van der Waals surface area contributed by atoms with Crippen molar-refractivity contribution in [2.45, 2.75) is 18.3 Å². The molecule has 3 heteroatoms. The molecule has 1 fully saturated rings. The second-order valence-corrected chi connectivity index (χ2v) is 4.84. The van der Waals surface area contributed by atoms with Crippen molar-refractivity contribution in [3.05, 3.63) is 60.1 Å². The van der Waals surface area contributed by atoms with Crippen molar-refractivity contribution < 1.29 is 9.21 Å². The summed E-state index contributed by atoms with van der Waals surface area (Å²) in [7, 11) is 0. The SMILES string of the molecule is O=C(NCC1(c2ccccc2)CC1)c1ccoc1. The predicted molar refractivity (Wildman–Crippen MR) is 68.4 cm³/mol. The first-order chi connectivity index (χ1) is 8.80. The molecule has 18 heavy (non-hydrogen) atoms. The van der Waals surface area contributed by atoms with E-state index < -0.39 is 0 Å². The fraction of sp³-hybridized carbons (Fsp3) is 0.267. The highest BCUT2D eigenvalue weighted by Crippen LogP contribution is 2.47. The first-order valence-corrected chi connectivity index (χ1v) is 6.16. The Morgan fingerprint density at radius 3 is 2.61 bits per heavy atom. The van der Waals surface area contributed by atoms with Crippen LogP contribution in [0.15, 0.2) is 53.3 Å². The number of furan rings is 1. The number of carbonyl (C=O) groups excluding carboxylic acids is 1. The van der Waals surface area contributed by atoms with Gasteiger partial charge < -0.3 is 9.73 Å². The molecule has 3 rings (SSSR count). The van der Waals surface area contributed by atoms with Gasteiger partial charge in [0.05, 0.1) is 11.8 Å². The molecule has 0 radical (unpaired) electrons. The quantitative estimate of drug-likeness (QED) is 0.894. The normalized spacial score (nSPS) is 16.2. The molecule has 2 aromatic rings. The molecule has 92 valence electrons. The van der Waals surface area contributed by atoms with Crippen LogP contribution in [0.3, 0.4) is 0 Å². The van der Waals surface area contributed by atoms with Crippen molar-refractivity contribution in [1.82, 2.24) is 5.32 Å². The summed E-state index contributed by atoms with van der Waals surface area (Å²) in [6.45, 7) is 0.695. The van der Waals surface area contributed by atoms with Crippen molar-refractivity contribution in [2.75, 3.05) is 6.54 Å². The van der Waals surface area contributed by atoms with E-state index >= 15 is 0 Å². The molecule has 1 amide bonds. The standard InChI is InChI=1S/C15H15NO2/c17-14(12-6-9-18-10-12)16-11-15(7-8-15)13-4-2-1-3-5-13/h1-6,9-10H,7-8,11H2,(H,16,17). The molecule has 0 saturated heterocycles. The van der Waals surface area contributed by atoms with E-state index in [4.69, 9.17) is 4.42 Å². The number of nitrogens with one attached hydrogen (secondary N) is 1. The fourth-order valence-electron chi connectivity index (χ4n) is 2.26. The topological polar surface area (TPSA) is 42.2 Å². The molecule has 1 heterocycles. The number of rotatable bonds is 4. The second kappa shape index (κ2) is 4.33. The van der Waals surface area contributed by atoms with Crippen LogP contribution in [0.5, 0.6) is 0 Å². The van der Waals surface area contributed by atoms with Gasteiger partial charge in [-0.25, -0.2) is 0 Å². The average Bonchev–Trinajstić information content (AvgIpc) is 3.01. The third kappa shape index (κ3) is 2.04. The summed E-state index contributed by atoms with van der Waals surface area (Å²) >= 11 is 0. The summed E-state index contributed by atoms with van der Waals surface area (Å²) in [5.74, 6) is -0.0639. The Morgan fingerprint density at radius 1 is 1.22 bits per heavy atom. The zero-order valence-corrected chi connectivity index (χ0v) is 10.1. The van der Waals surface area contributed by atoms with Crippen molar-refractivity contribution in [1.29, 1.82) is 0 Å². The number of benzene rings is 1. The smallest absolute Gasteiger partial charge is 0.254 e. The maximum Gasteiger partial charge on any atom is 0.254 e. The molecule has 0 unspecified atom stereocenters. The van der Waals surface area contributed by atoms with Crippen LogP contribution in [-0.2, 0) is 5.41 Å². The zero-order chi connectivity index (χ0) is 12.4. The van der Waals surface area contributed by atoms with Crippen LogP contribution >= 0.6 is 0 Å².